The van der Waals surface area contributed by atoms with E-state index in [4.69, 9.17) is 4.98 Å². The number of aromatic nitrogens is 2. The molecule has 0 spiro atoms. The Kier molecular flexibility index (Phi) is 5.78. The average Bonchev–Trinajstić information content (AvgIpc) is 3.05. The number of nitrogens with one attached hydrogen (secondary N) is 1. The molecule has 0 radical (unpaired) electrons. The summed E-state index contributed by atoms with van der Waals surface area (Å²) in [6, 6.07) is 12.5. The van der Waals surface area contributed by atoms with Crippen LogP contribution < -0.4 is 5.32 Å². The fraction of sp³-hybridized carbons (Fsp3) is 0.481. The molecule has 2 atom stereocenters. The first-order chi connectivity index (χ1) is 15.1. The highest BCUT2D eigenvalue weighted by Gasteiger charge is 2.35. The van der Waals surface area contributed by atoms with Gasteiger partial charge in [-0.25, -0.2) is 9.78 Å². The monoisotopic (exact) mass is 433 g/mol. The molecule has 1 fully saturated rings. The summed E-state index contributed by atoms with van der Waals surface area (Å²) in [5, 5.41) is 13.2. The topological polar surface area (TPSA) is 67.2 Å². The molecular formula is C27H35N3O2. The molecule has 2 aromatic carbocycles. The fourth-order valence-electron chi connectivity index (χ4n) is 5.56. The second kappa shape index (κ2) is 8.27. The van der Waals surface area contributed by atoms with Crippen LogP contribution in [0.1, 0.15) is 87.3 Å². The maximum absolute atomic E-state index is 11.7. The Balaban J connectivity index is 1.83. The lowest BCUT2D eigenvalue weighted by Crippen LogP contribution is -2.29. The van der Waals surface area contributed by atoms with Gasteiger partial charge >= 0.3 is 5.97 Å². The fourth-order valence-corrected chi connectivity index (χ4v) is 5.56. The SMILES string of the molecule is Cc1c(C(=O)O)ccc2c1nc(Nc1ccc(C(C)C)cc1)n2[C@@H]1CC(C)CC(C)(C)C1. The van der Waals surface area contributed by atoms with Crippen molar-refractivity contribution in [1.29, 1.82) is 0 Å². The van der Waals surface area contributed by atoms with Crippen molar-refractivity contribution in [2.45, 2.75) is 72.8 Å². The molecule has 1 aromatic heterocycles. The standard InChI is InChI=1S/C27H35N3O2/c1-16(2)19-7-9-20(10-8-19)28-26-29-24-18(4)22(25(31)32)11-12-23(24)30(26)21-13-17(3)14-27(5,6)15-21/h7-12,16-17,21H,13-15H2,1-6H3,(H,28,29)(H,31,32)/t17?,21-/m1/s1. The van der Waals surface area contributed by atoms with E-state index in [9.17, 15) is 9.90 Å². The summed E-state index contributed by atoms with van der Waals surface area (Å²) < 4.78 is 2.32. The smallest absolute Gasteiger partial charge is 0.336 e. The van der Waals surface area contributed by atoms with E-state index in [2.05, 4.69) is 68.8 Å². The molecule has 1 saturated carbocycles. The molecule has 2 N–H and O–H groups in total. The molecule has 5 nitrogen and oxygen atoms in total. The van der Waals surface area contributed by atoms with Gasteiger partial charge in [-0.05, 0) is 78.8 Å². The number of benzene rings is 2. The van der Waals surface area contributed by atoms with Crippen LogP contribution in [0.4, 0.5) is 11.6 Å². The van der Waals surface area contributed by atoms with E-state index < -0.39 is 5.97 Å². The minimum absolute atomic E-state index is 0.255. The number of rotatable bonds is 5. The van der Waals surface area contributed by atoms with Gasteiger partial charge in [-0.3, -0.25) is 0 Å². The Morgan fingerprint density at radius 2 is 1.84 bits per heavy atom. The van der Waals surface area contributed by atoms with Gasteiger partial charge in [-0.15, -0.1) is 0 Å². The second-order valence-electron chi connectivity index (χ2n) is 10.7. The van der Waals surface area contributed by atoms with Crippen LogP contribution in [-0.4, -0.2) is 20.6 Å². The summed E-state index contributed by atoms with van der Waals surface area (Å²) in [4.78, 5) is 16.7. The molecule has 3 aromatic rings. The number of imidazole rings is 1. The number of carboxylic acid groups (broad SMARTS) is 1. The first kappa shape index (κ1) is 22.4. The van der Waals surface area contributed by atoms with Crippen molar-refractivity contribution in [2.24, 2.45) is 11.3 Å². The quantitative estimate of drug-likeness (QED) is 0.443. The van der Waals surface area contributed by atoms with E-state index >= 15 is 0 Å². The minimum atomic E-state index is -0.912. The van der Waals surface area contributed by atoms with Gasteiger partial charge in [0.2, 0.25) is 5.95 Å². The van der Waals surface area contributed by atoms with E-state index in [1.807, 2.05) is 13.0 Å². The van der Waals surface area contributed by atoms with E-state index in [0.29, 0.717) is 23.4 Å². The first-order valence-corrected chi connectivity index (χ1v) is 11.7. The largest absolute Gasteiger partial charge is 0.478 e. The van der Waals surface area contributed by atoms with Gasteiger partial charge in [-0.1, -0.05) is 46.8 Å². The van der Waals surface area contributed by atoms with Gasteiger partial charge in [-0.2, -0.15) is 0 Å². The number of carboxylic acids is 1. The van der Waals surface area contributed by atoms with Gasteiger partial charge in [0.05, 0.1) is 16.6 Å². The number of aromatic carboxylic acids is 1. The lowest BCUT2D eigenvalue weighted by molar-refractivity contribution is 0.0696. The second-order valence-corrected chi connectivity index (χ2v) is 10.7. The normalized spacial score (nSPS) is 20.6. The third-order valence-corrected chi connectivity index (χ3v) is 6.91. The highest BCUT2D eigenvalue weighted by molar-refractivity contribution is 5.96. The maximum Gasteiger partial charge on any atom is 0.336 e. The predicted molar refractivity (Wildman–Crippen MR) is 131 cm³/mol. The summed E-state index contributed by atoms with van der Waals surface area (Å²) in [6.45, 7) is 13.3. The number of hydrogen-bond acceptors (Lipinski definition) is 3. The number of fused-ring (bicyclic) bond motifs is 1. The Bertz CT molecular complexity index is 1140. The predicted octanol–water partition coefficient (Wildman–Crippen LogP) is 7.30. The van der Waals surface area contributed by atoms with Crippen molar-refractivity contribution < 1.29 is 9.90 Å². The van der Waals surface area contributed by atoms with Gasteiger partial charge in [0.25, 0.3) is 0 Å². The summed E-state index contributed by atoms with van der Waals surface area (Å²) in [5.41, 5.74) is 5.35. The number of carbonyl (C=O) groups is 1. The molecule has 0 aliphatic heterocycles. The van der Waals surface area contributed by atoms with Crippen molar-refractivity contribution in [2.75, 3.05) is 5.32 Å². The van der Waals surface area contributed by atoms with Crippen LogP contribution in [0, 0.1) is 18.3 Å². The van der Waals surface area contributed by atoms with Crippen LogP contribution in [0.3, 0.4) is 0 Å². The number of nitrogens with zero attached hydrogens (tertiary/aromatic N) is 2. The highest BCUT2D eigenvalue weighted by Crippen LogP contribution is 2.46. The minimum Gasteiger partial charge on any atom is -0.478 e. The summed E-state index contributed by atoms with van der Waals surface area (Å²) in [5.74, 6) is 0.985. The molecule has 32 heavy (non-hydrogen) atoms. The van der Waals surface area contributed by atoms with Crippen LogP contribution in [0.25, 0.3) is 11.0 Å². The lowest BCUT2D eigenvalue weighted by Gasteiger charge is -2.40. The van der Waals surface area contributed by atoms with Gasteiger partial charge in [0.1, 0.15) is 0 Å². The van der Waals surface area contributed by atoms with Crippen LogP contribution in [0.15, 0.2) is 36.4 Å². The zero-order valence-corrected chi connectivity index (χ0v) is 20.1. The van der Waals surface area contributed by atoms with Crippen molar-refractivity contribution in [3.8, 4) is 0 Å². The van der Waals surface area contributed by atoms with Gasteiger partial charge in [0, 0.05) is 11.7 Å². The molecule has 1 heterocycles. The molecule has 0 saturated heterocycles. The Hall–Kier alpha value is -2.82. The highest BCUT2D eigenvalue weighted by atomic mass is 16.4. The summed E-state index contributed by atoms with van der Waals surface area (Å²) in [6.07, 6.45) is 3.39. The average molecular weight is 434 g/mol. The summed E-state index contributed by atoms with van der Waals surface area (Å²) >= 11 is 0. The Morgan fingerprint density at radius 3 is 2.44 bits per heavy atom. The van der Waals surface area contributed by atoms with Crippen LogP contribution >= 0.6 is 0 Å². The molecular weight excluding hydrogens is 398 g/mol. The van der Waals surface area contributed by atoms with Crippen molar-refractivity contribution in [1.82, 2.24) is 9.55 Å². The molecule has 0 bridgehead atoms. The summed E-state index contributed by atoms with van der Waals surface area (Å²) in [7, 11) is 0. The van der Waals surface area contributed by atoms with Gasteiger partial charge in [0.15, 0.2) is 0 Å². The van der Waals surface area contributed by atoms with Crippen LogP contribution in [0.2, 0.25) is 0 Å². The molecule has 4 rings (SSSR count). The number of hydrogen-bond donors (Lipinski definition) is 2. The lowest BCUT2D eigenvalue weighted by atomic mass is 9.70. The Labute approximate surface area is 190 Å². The third kappa shape index (κ3) is 4.25. The Morgan fingerprint density at radius 1 is 1.16 bits per heavy atom. The zero-order chi connectivity index (χ0) is 23.2. The van der Waals surface area contributed by atoms with Gasteiger partial charge < -0.3 is 15.0 Å². The third-order valence-electron chi connectivity index (χ3n) is 6.91. The number of aryl methyl sites for hydroxylation is 1. The zero-order valence-electron chi connectivity index (χ0n) is 20.1. The van der Waals surface area contributed by atoms with E-state index in [-0.39, 0.29) is 5.41 Å². The van der Waals surface area contributed by atoms with Crippen LogP contribution in [0.5, 0.6) is 0 Å². The van der Waals surface area contributed by atoms with E-state index in [1.54, 1.807) is 6.07 Å². The first-order valence-electron chi connectivity index (χ1n) is 11.7. The van der Waals surface area contributed by atoms with E-state index in [0.717, 1.165) is 41.1 Å². The van der Waals surface area contributed by atoms with E-state index in [1.165, 1.54) is 12.0 Å². The van der Waals surface area contributed by atoms with Crippen molar-refractivity contribution in [3.63, 3.8) is 0 Å². The van der Waals surface area contributed by atoms with Crippen LogP contribution in [-0.2, 0) is 0 Å². The molecule has 1 aliphatic carbocycles. The molecule has 1 aliphatic rings. The van der Waals surface area contributed by atoms with Crippen molar-refractivity contribution in [3.05, 3.63) is 53.1 Å². The number of anilines is 2. The molecule has 170 valence electrons. The molecule has 1 unspecified atom stereocenters. The maximum atomic E-state index is 11.7. The molecule has 5 heteroatoms. The molecule has 0 amide bonds. The van der Waals surface area contributed by atoms with Crippen molar-refractivity contribution >= 4 is 28.6 Å².